The average molecular weight is 314 g/mol. The van der Waals surface area contributed by atoms with E-state index >= 15 is 0 Å². The zero-order valence-corrected chi connectivity index (χ0v) is 12.5. The molecule has 2 aromatic carbocycles. The Kier molecular flexibility index (Phi) is 3.69. The quantitative estimate of drug-likeness (QED) is 0.784. The van der Waals surface area contributed by atoms with E-state index in [9.17, 15) is 4.79 Å². The number of nitrogens with zero attached hydrogens (tertiary/aromatic N) is 1. The molecule has 0 radical (unpaired) electrons. The van der Waals surface area contributed by atoms with Gasteiger partial charge in [-0.15, -0.1) is 0 Å². The van der Waals surface area contributed by atoms with Crippen LogP contribution in [0, 0.1) is 0 Å². The number of fused-ring (bicyclic) bond motifs is 1. The van der Waals surface area contributed by atoms with Crippen LogP contribution >= 0.6 is 11.6 Å². The monoisotopic (exact) mass is 313 g/mol. The number of aromatic nitrogens is 1. The topological polar surface area (TPSA) is 59.4 Å². The summed E-state index contributed by atoms with van der Waals surface area (Å²) in [6.07, 6.45) is 0. The molecule has 0 aliphatic carbocycles. The standard InChI is InChI=1S/C17H12ClNO3/c1-22-15-9-7-12(10-2-4-11(18)5-3-10)13-6-8-14(17(20)21)19-16(13)15/h2-9H,1H3,(H,20,21). The molecule has 4 nitrogen and oxygen atoms in total. The lowest BCUT2D eigenvalue weighted by molar-refractivity contribution is 0.0691. The molecule has 110 valence electrons. The molecule has 1 heterocycles. The Labute approximate surface area is 131 Å². The summed E-state index contributed by atoms with van der Waals surface area (Å²) in [5, 5.41) is 10.6. The van der Waals surface area contributed by atoms with Crippen LogP contribution in [0.5, 0.6) is 5.75 Å². The zero-order chi connectivity index (χ0) is 15.7. The largest absolute Gasteiger partial charge is 0.494 e. The third-order valence-electron chi connectivity index (χ3n) is 3.41. The molecule has 0 amide bonds. The molecular weight excluding hydrogens is 302 g/mol. The minimum atomic E-state index is -1.07. The SMILES string of the molecule is COc1ccc(-c2ccc(Cl)cc2)c2ccc(C(=O)O)nc12. The van der Waals surface area contributed by atoms with Gasteiger partial charge in [0.1, 0.15) is 17.0 Å². The first-order valence-electron chi connectivity index (χ1n) is 6.57. The normalized spacial score (nSPS) is 10.6. The number of ether oxygens (including phenoxy) is 1. The summed E-state index contributed by atoms with van der Waals surface area (Å²) in [6.45, 7) is 0. The van der Waals surface area contributed by atoms with Crippen molar-refractivity contribution in [1.29, 1.82) is 0 Å². The van der Waals surface area contributed by atoms with Gasteiger partial charge in [-0.1, -0.05) is 23.7 Å². The van der Waals surface area contributed by atoms with Gasteiger partial charge in [0.15, 0.2) is 0 Å². The third kappa shape index (κ3) is 2.49. The van der Waals surface area contributed by atoms with Gasteiger partial charge >= 0.3 is 5.97 Å². The first kappa shape index (κ1) is 14.4. The molecule has 0 aliphatic heterocycles. The van der Waals surface area contributed by atoms with Gasteiger partial charge in [0.2, 0.25) is 0 Å². The fraction of sp³-hybridized carbons (Fsp3) is 0.0588. The Morgan fingerprint density at radius 2 is 1.82 bits per heavy atom. The number of hydrogen-bond donors (Lipinski definition) is 1. The van der Waals surface area contributed by atoms with Crippen molar-refractivity contribution in [2.24, 2.45) is 0 Å². The number of carboxylic acids is 1. The second-order valence-corrected chi connectivity index (χ2v) is 5.16. The molecule has 0 spiro atoms. The first-order chi connectivity index (χ1) is 10.6. The number of carbonyl (C=O) groups is 1. The lowest BCUT2D eigenvalue weighted by Crippen LogP contribution is -2.01. The van der Waals surface area contributed by atoms with E-state index in [2.05, 4.69) is 4.98 Å². The van der Waals surface area contributed by atoms with Crippen LogP contribution in [0.2, 0.25) is 5.02 Å². The number of methoxy groups -OCH3 is 1. The Bertz CT molecular complexity index is 860. The maximum absolute atomic E-state index is 11.1. The van der Waals surface area contributed by atoms with Crippen LogP contribution in [-0.2, 0) is 0 Å². The van der Waals surface area contributed by atoms with Crippen LogP contribution in [0.15, 0.2) is 48.5 Å². The molecule has 0 unspecified atom stereocenters. The number of carboxylic acid groups (broad SMARTS) is 1. The smallest absolute Gasteiger partial charge is 0.354 e. The van der Waals surface area contributed by atoms with Crippen molar-refractivity contribution in [3.05, 3.63) is 59.2 Å². The number of hydrogen-bond acceptors (Lipinski definition) is 3. The van der Waals surface area contributed by atoms with E-state index in [0.29, 0.717) is 16.3 Å². The summed E-state index contributed by atoms with van der Waals surface area (Å²) in [7, 11) is 1.53. The average Bonchev–Trinajstić information content (AvgIpc) is 2.54. The summed E-state index contributed by atoms with van der Waals surface area (Å²) in [4.78, 5) is 15.3. The summed E-state index contributed by atoms with van der Waals surface area (Å²) in [6, 6.07) is 14.4. The molecular formula is C17H12ClNO3. The lowest BCUT2D eigenvalue weighted by atomic mass is 10.00. The number of benzene rings is 2. The Morgan fingerprint density at radius 1 is 1.09 bits per heavy atom. The number of rotatable bonds is 3. The van der Waals surface area contributed by atoms with Crippen molar-refractivity contribution in [3.63, 3.8) is 0 Å². The van der Waals surface area contributed by atoms with Crippen LogP contribution in [0.4, 0.5) is 0 Å². The highest BCUT2D eigenvalue weighted by Gasteiger charge is 2.13. The first-order valence-corrected chi connectivity index (χ1v) is 6.95. The van der Waals surface area contributed by atoms with E-state index in [4.69, 9.17) is 21.4 Å². The van der Waals surface area contributed by atoms with Gasteiger partial charge in [-0.05, 0) is 47.5 Å². The van der Waals surface area contributed by atoms with Crippen molar-refractivity contribution in [3.8, 4) is 16.9 Å². The van der Waals surface area contributed by atoms with E-state index in [1.165, 1.54) is 13.2 Å². The van der Waals surface area contributed by atoms with Crippen molar-refractivity contribution in [1.82, 2.24) is 4.98 Å². The summed E-state index contributed by atoms with van der Waals surface area (Å²) >= 11 is 5.92. The minimum Gasteiger partial charge on any atom is -0.494 e. The van der Waals surface area contributed by atoms with Crippen molar-refractivity contribution < 1.29 is 14.6 Å². The highest BCUT2D eigenvalue weighted by molar-refractivity contribution is 6.30. The molecule has 3 rings (SSSR count). The van der Waals surface area contributed by atoms with Crippen LogP contribution in [0.1, 0.15) is 10.5 Å². The molecule has 3 aromatic rings. The minimum absolute atomic E-state index is 0.0148. The summed E-state index contributed by atoms with van der Waals surface area (Å²) in [5.41, 5.74) is 2.42. The molecule has 22 heavy (non-hydrogen) atoms. The zero-order valence-electron chi connectivity index (χ0n) is 11.7. The van der Waals surface area contributed by atoms with E-state index in [1.54, 1.807) is 12.1 Å². The second kappa shape index (κ2) is 5.66. The fourth-order valence-corrected chi connectivity index (χ4v) is 2.48. The molecule has 0 bridgehead atoms. The highest BCUT2D eigenvalue weighted by Crippen LogP contribution is 2.34. The second-order valence-electron chi connectivity index (χ2n) is 4.72. The van der Waals surface area contributed by atoms with Gasteiger partial charge in [-0.25, -0.2) is 9.78 Å². The summed E-state index contributed by atoms with van der Waals surface area (Å²) < 4.78 is 5.30. The van der Waals surface area contributed by atoms with Gasteiger partial charge < -0.3 is 9.84 Å². The number of aromatic carboxylic acids is 1. The van der Waals surface area contributed by atoms with Crippen molar-refractivity contribution >= 4 is 28.5 Å². The molecule has 1 N–H and O–H groups in total. The van der Waals surface area contributed by atoms with Gasteiger partial charge in [0, 0.05) is 10.4 Å². The Balaban J connectivity index is 2.28. The molecule has 0 saturated carbocycles. The molecule has 0 fully saturated rings. The lowest BCUT2D eigenvalue weighted by Gasteiger charge is -2.11. The van der Waals surface area contributed by atoms with E-state index in [1.807, 2.05) is 30.3 Å². The molecule has 0 aliphatic rings. The van der Waals surface area contributed by atoms with Gasteiger partial charge in [-0.2, -0.15) is 0 Å². The summed E-state index contributed by atoms with van der Waals surface area (Å²) in [5.74, 6) is -0.531. The maximum atomic E-state index is 11.1. The van der Waals surface area contributed by atoms with Crippen molar-refractivity contribution in [2.45, 2.75) is 0 Å². The maximum Gasteiger partial charge on any atom is 0.354 e. The van der Waals surface area contributed by atoms with Gasteiger partial charge in [0.25, 0.3) is 0 Å². The third-order valence-corrected chi connectivity index (χ3v) is 3.67. The van der Waals surface area contributed by atoms with Gasteiger partial charge in [-0.3, -0.25) is 0 Å². The molecule has 0 saturated heterocycles. The van der Waals surface area contributed by atoms with Gasteiger partial charge in [0.05, 0.1) is 7.11 Å². The number of halogens is 1. The molecule has 0 atom stereocenters. The van der Waals surface area contributed by atoms with E-state index in [0.717, 1.165) is 16.5 Å². The van der Waals surface area contributed by atoms with E-state index in [-0.39, 0.29) is 5.69 Å². The molecule has 5 heteroatoms. The van der Waals surface area contributed by atoms with Crippen LogP contribution < -0.4 is 4.74 Å². The van der Waals surface area contributed by atoms with Crippen molar-refractivity contribution in [2.75, 3.05) is 7.11 Å². The van der Waals surface area contributed by atoms with E-state index < -0.39 is 5.97 Å². The van der Waals surface area contributed by atoms with Crippen LogP contribution in [0.25, 0.3) is 22.0 Å². The van der Waals surface area contributed by atoms with Crippen LogP contribution in [0.3, 0.4) is 0 Å². The Hall–Kier alpha value is -2.59. The fourth-order valence-electron chi connectivity index (χ4n) is 2.36. The highest BCUT2D eigenvalue weighted by atomic mass is 35.5. The predicted octanol–water partition coefficient (Wildman–Crippen LogP) is 4.26. The van der Waals surface area contributed by atoms with Crippen LogP contribution in [-0.4, -0.2) is 23.2 Å². The Morgan fingerprint density at radius 3 is 2.45 bits per heavy atom. The molecule has 1 aromatic heterocycles. The predicted molar refractivity (Wildman–Crippen MR) is 85.7 cm³/mol. The number of pyridine rings is 1.